The van der Waals surface area contributed by atoms with Crippen molar-refractivity contribution in [1.29, 1.82) is 0 Å². The van der Waals surface area contributed by atoms with Gasteiger partial charge in [-0.25, -0.2) is 9.97 Å². The third kappa shape index (κ3) is 4.07. The maximum Gasteiger partial charge on any atom is 0.237 e. The molecule has 1 amide bonds. The van der Waals surface area contributed by atoms with Gasteiger partial charge in [-0.3, -0.25) is 9.69 Å². The minimum Gasteiger partial charge on any atom is -0.337 e. The maximum absolute atomic E-state index is 12.7. The first-order chi connectivity index (χ1) is 12.7. The Morgan fingerprint density at radius 2 is 2.23 bits per heavy atom. The van der Waals surface area contributed by atoms with Gasteiger partial charge in [-0.2, -0.15) is 0 Å². The highest BCUT2D eigenvalue weighted by molar-refractivity contribution is 5.78. The molecule has 0 saturated carbocycles. The molecule has 0 radical (unpaired) electrons. The largest absolute Gasteiger partial charge is 0.337 e. The van der Waals surface area contributed by atoms with E-state index in [0.29, 0.717) is 24.9 Å². The van der Waals surface area contributed by atoms with E-state index in [1.165, 1.54) is 25.7 Å². The Morgan fingerprint density at radius 1 is 1.31 bits per heavy atom. The van der Waals surface area contributed by atoms with Crippen molar-refractivity contribution in [2.45, 2.75) is 51.5 Å². The summed E-state index contributed by atoms with van der Waals surface area (Å²) in [6.45, 7) is 8.50. The van der Waals surface area contributed by atoms with Crippen molar-refractivity contribution < 1.29 is 4.79 Å². The van der Waals surface area contributed by atoms with E-state index in [2.05, 4.69) is 22.1 Å². The molecule has 1 aromatic heterocycles. The quantitative estimate of drug-likeness (QED) is 0.890. The molecule has 0 unspecified atom stereocenters. The lowest BCUT2D eigenvalue weighted by molar-refractivity contribution is -0.133. The first-order valence-corrected chi connectivity index (χ1v) is 10.2. The molecule has 0 aromatic carbocycles. The predicted molar refractivity (Wildman–Crippen MR) is 101 cm³/mol. The summed E-state index contributed by atoms with van der Waals surface area (Å²) in [5.41, 5.74) is 2.28. The molecule has 6 nitrogen and oxygen atoms in total. The van der Waals surface area contributed by atoms with Crippen molar-refractivity contribution in [3.63, 3.8) is 0 Å². The molecule has 142 valence electrons. The number of hydrogen-bond acceptors (Lipinski definition) is 5. The number of amides is 1. The van der Waals surface area contributed by atoms with Crippen LogP contribution in [0.15, 0.2) is 6.20 Å². The molecule has 2 saturated heterocycles. The van der Waals surface area contributed by atoms with Crippen LogP contribution in [0.4, 0.5) is 0 Å². The zero-order valence-corrected chi connectivity index (χ0v) is 15.9. The molecule has 26 heavy (non-hydrogen) atoms. The first-order valence-electron chi connectivity index (χ1n) is 10.2. The molecule has 1 N–H and O–H groups in total. The van der Waals surface area contributed by atoms with Crippen molar-refractivity contribution in [3.05, 3.63) is 23.3 Å². The smallest absolute Gasteiger partial charge is 0.237 e. The van der Waals surface area contributed by atoms with Crippen LogP contribution >= 0.6 is 0 Å². The summed E-state index contributed by atoms with van der Waals surface area (Å²) in [6, 6.07) is 0. The van der Waals surface area contributed by atoms with Gasteiger partial charge < -0.3 is 10.2 Å². The van der Waals surface area contributed by atoms with E-state index < -0.39 is 0 Å². The average Bonchev–Trinajstić information content (AvgIpc) is 2.68. The number of carbonyl (C=O) groups is 1. The van der Waals surface area contributed by atoms with E-state index in [1.54, 1.807) is 0 Å². The number of hydrogen-bond donors (Lipinski definition) is 1. The van der Waals surface area contributed by atoms with Gasteiger partial charge in [0, 0.05) is 50.3 Å². The molecule has 0 bridgehead atoms. The summed E-state index contributed by atoms with van der Waals surface area (Å²) < 4.78 is 0. The highest BCUT2D eigenvalue weighted by Crippen LogP contribution is 2.23. The molecule has 4 heterocycles. The molecule has 4 rings (SSSR count). The van der Waals surface area contributed by atoms with Crippen LogP contribution in [0.2, 0.25) is 0 Å². The molecule has 3 aliphatic rings. The van der Waals surface area contributed by atoms with Crippen molar-refractivity contribution in [2.24, 2.45) is 5.92 Å². The van der Waals surface area contributed by atoms with Crippen LogP contribution in [0, 0.1) is 5.92 Å². The van der Waals surface area contributed by atoms with Crippen molar-refractivity contribution in [2.75, 3.05) is 39.3 Å². The molecule has 0 aliphatic carbocycles. The summed E-state index contributed by atoms with van der Waals surface area (Å²) in [4.78, 5) is 26.5. The van der Waals surface area contributed by atoms with E-state index in [1.807, 2.05) is 11.1 Å². The van der Waals surface area contributed by atoms with Crippen LogP contribution in [0.5, 0.6) is 0 Å². The van der Waals surface area contributed by atoms with E-state index in [4.69, 9.17) is 4.98 Å². The molecular formula is C20H31N5O. The standard InChI is InChI=1S/C20H31N5O/c1-15-4-3-8-24(12-15)14-19(26)25-9-6-18-17(13-25)11-22-20(23-18)16-5-2-7-21-10-16/h11,15-16,21H,2-10,12-14H2,1H3/t15-,16+/m1/s1. The minimum absolute atomic E-state index is 0.255. The third-order valence-corrected chi connectivity index (χ3v) is 6.07. The summed E-state index contributed by atoms with van der Waals surface area (Å²) in [6.07, 6.45) is 7.69. The SMILES string of the molecule is C[C@@H]1CCCN(CC(=O)N2CCc3nc([C@H]4CCCNC4)ncc3C2)C1. The second kappa shape index (κ2) is 8.01. The Kier molecular flexibility index (Phi) is 5.50. The van der Waals surface area contributed by atoms with E-state index in [9.17, 15) is 4.79 Å². The lowest BCUT2D eigenvalue weighted by atomic mass is 9.98. The van der Waals surface area contributed by atoms with Crippen molar-refractivity contribution >= 4 is 5.91 Å². The summed E-state index contributed by atoms with van der Waals surface area (Å²) in [5, 5.41) is 3.44. The van der Waals surface area contributed by atoms with Gasteiger partial charge in [-0.1, -0.05) is 6.92 Å². The first kappa shape index (κ1) is 17.9. The lowest BCUT2D eigenvalue weighted by Gasteiger charge is -2.34. The molecular weight excluding hydrogens is 326 g/mol. The Bertz CT molecular complexity index is 643. The molecule has 6 heteroatoms. The number of aromatic nitrogens is 2. The minimum atomic E-state index is 0.255. The second-order valence-electron chi connectivity index (χ2n) is 8.29. The number of nitrogens with zero attached hydrogens (tertiary/aromatic N) is 4. The number of nitrogens with one attached hydrogen (secondary N) is 1. The van der Waals surface area contributed by atoms with Gasteiger partial charge >= 0.3 is 0 Å². The third-order valence-electron chi connectivity index (χ3n) is 6.07. The Hall–Kier alpha value is -1.53. The van der Waals surface area contributed by atoms with Crippen LogP contribution in [-0.2, 0) is 17.8 Å². The van der Waals surface area contributed by atoms with Crippen molar-refractivity contribution in [1.82, 2.24) is 25.1 Å². The van der Waals surface area contributed by atoms with Gasteiger partial charge in [0.2, 0.25) is 5.91 Å². The number of fused-ring (bicyclic) bond motifs is 1. The number of rotatable bonds is 3. The summed E-state index contributed by atoms with van der Waals surface area (Å²) >= 11 is 0. The highest BCUT2D eigenvalue weighted by Gasteiger charge is 2.26. The Labute approximate surface area is 156 Å². The van der Waals surface area contributed by atoms with Crippen LogP contribution in [0.3, 0.4) is 0 Å². The van der Waals surface area contributed by atoms with E-state index in [0.717, 1.165) is 56.2 Å². The van der Waals surface area contributed by atoms with Gasteiger partial charge in [0.05, 0.1) is 12.2 Å². The second-order valence-corrected chi connectivity index (χ2v) is 8.29. The normalized spacial score (nSPS) is 27.2. The van der Waals surface area contributed by atoms with Gasteiger partial charge in [0.15, 0.2) is 0 Å². The molecule has 3 aliphatic heterocycles. The molecule has 2 atom stereocenters. The van der Waals surface area contributed by atoms with Gasteiger partial charge in [-0.05, 0) is 44.7 Å². The van der Waals surface area contributed by atoms with E-state index >= 15 is 0 Å². The number of piperidine rings is 2. The topological polar surface area (TPSA) is 61.4 Å². The number of carbonyl (C=O) groups excluding carboxylic acids is 1. The predicted octanol–water partition coefficient (Wildman–Crippen LogP) is 1.56. The van der Waals surface area contributed by atoms with Crippen LogP contribution in [-0.4, -0.2) is 64.9 Å². The maximum atomic E-state index is 12.7. The summed E-state index contributed by atoms with van der Waals surface area (Å²) in [5.74, 6) is 2.39. The molecule has 2 fully saturated rings. The number of likely N-dealkylation sites (tertiary alicyclic amines) is 1. The lowest BCUT2D eigenvalue weighted by Crippen LogP contribution is -2.45. The van der Waals surface area contributed by atoms with Crippen LogP contribution in [0.25, 0.3) is 0 Å². The van der Waals surface area contributed by atoms with Gasteiger partial charge in [0.25, 0.3) is 0 Å². The van der Waals surface area contributed by atoms with Crippen LogP contribution in [0.1, 0.15) is 55.6 Å². The zero-order valence-electron chi connectivity index (χ0n) is 15.9. The fraction of sp³-hybridized carbons (Fsp3) is 0.750. The fourth-order valence-corrected chi connectivity index (χ4v) is 4.53. The average molecular weight is 358 g/mol. The monoisotopic (exact) mass is 357 g/mol. The van der Waals surface area contributed by atoms with Crippen LogP contribution < -0.4 is 5.32 Å². The summed E-state index contributed by atoms with van der Waals surface area (Å²) in [7, 11) is 0. The molecule has 1 aromatic rings. The van der Waals surface area contributed by atoms with Gasteiger partial charge in [-0.15, -0.1) is 0 Å². The van der Waals surface area contributed by atoms with Gasteiger partial charge in [0.1, 0.15) is 5.82 Å². The zero-order chi connectivity index (χ0) is 17.9. The Morgan fingerprint density at radius 3 is 3.04 bits per heavy atom. The fourth-order valence-electron chi connectivity index (χ4n) is 4.53. The van der Waals surface area contributed by atoms with Crippen molar-refractivity contribution in [3.8, 4) is 0 Å². The Balaban J connectivity index is 1.37. The highest BCUT2D eigenvalue weighted by atomic mass is 16.2. The van der Waals surface area contributed by atoms with E-state index in [-0.39, 0.29) is 5.91 Å². The molecule has 0 spiro atoms.